The molecule has 0 unspecified atom stereocenters. The zero-order chi connectivity index (χ0) is 16.8. The molecule has 0 spiro atoms. The van der Waals surface area contributed by atoms with Crippen molar-refractivity contribution < 1.29 is 18.7 Å². The van der Waals surface area contributed by atoms with Gasteiger partial charge in [0.05, 0.1) is 14.2 Å². The predicted octanol–water partition coefficient (Wildman–Crippen LogP) is 3.28. The first kappa shape index (κ1) is 16.6. The summed E-state index contributed by atoms with van der Waals surface area (Å²) >= 11 is 0. The Hall–Kier alpha value is -2.76. The largest absolute Gasteiger partial charge is 0.497 e. The molecule has 0 radical (unpaired) electrons. The van der Waals surface area contributed by atoms with Crippen molar-refractivity contribution in [2.75, 3.05) is 24.9 Å². The van der Waals surface area contributed by atoms with Crippen LogP contribution in [0.5, 0.6) is 11.5 Å². The van der Waals surface area contributed by atoms with Gasteiger partial charge in [-0.25, -0.2) is 4.39 Å². The molecule has 0 bridgehead atoms. The molecule has 1 atom stereocenters. The lowest BCUT2D eigenvalue weighted by Crippen LogP contribution is -2.31. The lowest BCUT2D eigenvalue weighted by atomic mass is 10.2. The van der Waals surface area contributed by atoms with Crippen LogP contribution in [-0.2, 0) is 4.79 Å². The van der Waals surface area contributed by atoms with Gasteiger partial charge in [-0.15, -0.1) is 0 Å². The van der Waals surface area contributed by atoms with Gasteiger partial charge in [-0.1, -0.05) is 6.07 Å². The Morgan fingerprint density at radius 3 is 2.26 bits per heavy atom. The normalized spacial score (nSPS) is 11.5. The van der Waals surface area contributed by atoms with E-state index in [1.54, 1.807) is 45.4 Å². The SMILES string of the molecule is COc1cc(N[C@@H](C)C(=O)Nc2cccc(F)c2)cc(OC)c1. The molecule has 0 saturated carbocycles. The van der Waals surface area contributed by atoms with Crippen LogP contribution in [0.15, 0.2) is 42.5 Å². The van der Waals surface area contributed by atoms with E-state index in [4.69, 9.17) is 9.47 Å². The van der Waals surface area contributed by atoms with Crippen LogP contribution in [-0.4, -0.2) is 26.2 Å². The molecule has 0 saturated heterocycles. The number of nitrogens with one attached hydrogen (secondary N) is 2. The van der Waals surface area contributed by atoms with Gasteiger partial charge in [0, 0.05) is 29.6 Å². The highest BCUT2D eigenvalue weighted by Gasteiger charge is 2.14. The molecule has 2 aromatic carbocycles. The van der Waals surface area contributed by atoms with E-state index in [0.29, 0.717) is 22.9 Å². The lowest BCUT2D eigenvalue weighted by Gasteiger charge is -2.16. The molecule has 23 heavy (non-hydrogen) atoms. The van der Waals surface area contributed by atoms with Crippen molar-refractivity contribution in [2.45, 2.75) is 13.0 Å². The van der Waals surface area contributed by atoms with Crippen molar-refractivity contribution in [1.82, 2.24) is 0 Å². The van der Waals surface area contributed by atoms with E-state index in [1.807, 2.05) is 0 Å². The van der Waals surface area contributed by atoms with Crippen LogP contribution < -0.4 is 20.1 Å². The quantitative estimate of drug-likeness (QED) is 0.858. The van der Waals surface area contributed by atoms with Crippen molar-refractivity contribution in [2.24, 2.45) is 0 Å². The van der Waals surface area contributed by atoms with Crippen LogP contribution >= 0.6 is 0 Å². The standard InChI is InChI=1S/C17H19FN2O3/c1-11(17(21)20-13-6-4-5-12(18)7-13)19-14-8-15(22-2)10-16(9-14)23-3/h4-11,19H,1-3H3,(H,20,21)/t11-/m0/s1. The molecule has 0 aliphatic carbocycles. The highest BCUT2D eigenvalue weighted by molar-refractivity contribution is 5.96. The minimum atomic E-state index is -0.532. The number of anilines is 2. The first-order valence-electron chi connectivity index (χ1n) is 7.08. The monoisotopic (exact) mass is 318 g/mol. The average molecular weight is 318 g/mol. The molecule has 122 valence electrons. The zero-order valence-electron chi connectivity index (χ0n) is 13.2. The smallest absolute Gasteiger partial charge is 0.246 e. The van der Waals surface area contributed by atoms with E-state index >= 15 is 0 Å². The minimum Gasteiger partial charge on any atom is -0.497 e. The number of carbonyl (C=O) groups excluding carboxylic acids is 1. The van der Waals surface area contributed by atoms with Crippen LogP contribution in [0, 0.1) is 5.82 Å². The van der Waals surface area contributed by atoms with Gasteiger partial charge < -0.3 is 20.1 Å². The van der Waals surface area contributed by atoms with Crippen LogP contribution in [0.25, 0.3) is 0 Å². The maximum Gasteiger partial charge on any atom is 0.246 e. The summed E-state index contributed by atoms with van der Waals surface area (Å²) in [5, 5.41) is 5.72. The number of ether oxygens (including phenoxy) is 2. The zero-order valence-corrected chi connectivity index (χ0v) is 13.2. The van der Waals surface area contributed by atoms with Crippen molar-refractivity contribution in [3.05, 3.63) is 48.3 Å². The number of hydrogen-bond donors (Lipinski definition) is 2. The van der Waals surface area contributed by atoms with E-state index in [2.05, 4.69) is 10.6 Å². The maximum absolute atomic E-state index is 13.1. The Morgan fingerprint density at radius 1 is 1.04 bits per heavy atom. The number of amides is 1. The van der Waals surface area contributed by atoms with E-state index in [1.165, 1.54) is 18.2 Å². The van der Waals surface area contributed by atoms with Crippen molar-refractivity contribution in [3.8, 4) is 11.5 Å². The first-order valence-corrected chi connectivity index (χ1v) is 7.08. The molecule has 6 heteroatoms. The third-order valence-corrected chi connectivity index (χ3v) is 3.22. The van der Waals surface area contributed by atoms with Gasteiger partial charge in [0.25, 0.3) is 0 Å². The summed E-state index contributed by atoms with van der Waals surface area (Å²) in [6, 6.07) is 10.5. The molecule has 2 N–H and O–H groups in total. The minimum absolute atomic E-state index is 0.280. The summed E-state index contributed by atoms with van der Waals surface area (Å²) < 4.78 is 23.5. The number of hydrogen-bond acceptors (Lipinski definition) is 4. The van der Waals surface area contributed by atoms with Crippen LogP contribution in [0.1, 0.15) is 6.92 Å². The Bertz CT molecular complexity index is 669. The highest BCUT2D eigenvalue weighted by atomic mass is 19.1. The van der Waals surface area contributed by atoms with E-state index in [9.17, 15) is 9.18 Å². The van der Waals surface area contributed by atoms with E-state index in [-0.39, 0.29) is 5.91 Å². The third-order valence-electron chi connectivity index (χ3n) is 3.22. The predicted molar refractivity (Wildman–Crippen MR) is 87.7 cm³/mol. The second-order valence-corrected chi connectivity index (χ2v) is 4.97. The molecule has 0 aromatic heterocycles. The summed E-state index contributed by atoms with van der Waals surface area (Å²) in [4.78, 5) is 12.2. The van der Waals surface area contributed by atoms with Crippen molar-refractivity contribution >= 4 is 17.3 Å². The molecular formula is C17H19FN2O3. The first-order chi connectivity index (χ1) is 11.0. The second kappa shape index (κ2) is 7.49. The van der Waals surface area contributed by atoms with Crippen LogP contribution in [0.4, 0.5) is 15.8 Å². The number of halogens is 1. The molecule has 2 rings (SSSR count). The molecule has 2 aromatic rings. The molecule has 1 amide bonds. The van der Waals surface area contributed by atoms with Gasteiger partial charge in [-0.3, -0.25) is 4.79 Å². The molecule has 0 fully saturated rings. The third kappa shape index (κ3) is 4.60. The fourth-order valence-electron chi connectivity index (χ4n) is 2.02. The number of benzene rings is 2. The average Bonchev–Trinajstić information content (AvgIpc) is 2.54. The molecule has 0 aliphatic rings. The van der Waals surface area contributed by atoms with Gasteiger partial charge in [-0.05, 0) is 25.1 Å². The van der Waals surface area contributed by atoms with Crippen molar-refractivity contribution in [1.29, 1.82) is 0 Å². The molecule has 0 heterocycles. The van der Waals surface area contributed by atoms with Gasteiger partial charge in [0.1, 0.15) is 23.4 Å². The number of methoxy groups -OCH3 is 2. The maximum atomic E-state index is 13.1. The Morgan fingerprint density at radius 2 is 1.70 bits per heavy atom. The van der Waals surface area contributed by atoms with E-state index < -0.39 is 11.9 Å². The van der Waals surface area contributed by atoms with Gasteiger partial charge in [0.2, 0.25) is 5.91 Å². The molecule has 5 nitrogen and oxygen atoms in total. The number of rotatable bonds is 6. The lowest BCUT2D eigenvalue weighted by molar-refractivity contribution is -0.116. The second-order valence-electron chi connectivity index (χ2n) is 4.97. The topological polar surface area (TPSA) is 59.6 Å². The van der Waals surface area contributed by atoms with Gasteiger partial charge in [0.15, 0.2) is 0 Å². The van der Waals surface area contributed by atoms with Crippen molar-refractivity contribution in [3.63, 3.8) is 0 Å². The van der Waals surface area contributed by atoms with Gasteiger partial charge >= 0.3 is 0 Å². The number of carbonyl (C=O) groups is 1. The Labute approximate surface area is 134 Å². The van der Waals surface area contributed by atoms with E-state index in [0.717, 1.165) is 0 Å². The highest BCUT2D eigenvalue weighted by Crippen LogP contribution is 2.26. The fourth-order valence-corrected chi connectivity index (χ4v) is 2.02. The summed E-state index contributed by atoms with van der Waals surface area (Å²) in [6.07, 6.45) is 0. The summed E-state index contributed by atoms with van der Waals surface area (Å²) in [5.41, 5.74) is 1.09. The van der Waals surface area contributed by atoms with Crippen LogP contribution in [0.2, 0.25) is 0 Å². The van der Waals surface area contributed by atoms with Gasteiger partial charge in [-0.2, -0.15) is 0 Å². The molecule has 0 aliphatic heterocycles. The fraction of sp³-hybridized carbons (Fsp3) is 0.235. The molecular weight excluding hydrogens is 299 g/mol. The Kier molecular flexibility index (Phi) is 5.41. The summed E-state index contributed by atoms with van der Waals surface area (Å²) in [6.45, 7) is 1.71. The van der Waals surface area contributed by atoms with Crippen LogP contribution in [0.3, 0.4) is 0 Å². The summed E-state index contributed by atoms with van der Waals surface area (Å²) in [5.74, 6) is 0.549. The summed E-state index contributed by atoms with van der Waals surface area (Å²) in [7, 11) is 3.11. The Balaban J connectivity index is 2.06.